The maximum Gasteiger partial charge on any atom is 0.242 e. The van der Waals surface area contributed by atoms with E-state index in [1.165, 1.54) is 50.7 Å². The van der Waals surface area contributed by atoms with Crippen LogP contribution in [-0.4, -0.2) is 16.6 Å². The molecule has 6 atom stereocenters. The quantitative estimate of drug-likeness (QED) is 0.348. The molecule has 4 aliphatic carbocycles. The fourth-order valence-corrected chi connectivity index (χ4v) is 10.4. The van der Waals surface area contributed by atoms with Crippen LogP contribution in [0.25, 0.3) is 0 Å². The standard InChI is InChI=1S/C30H54O2Si2/c1-28(2,3)20-29(4)18-17-25-23-12-13-24-21(22(23)16-19-30(25,29)5)14-15-26(31-33(6,7)8)27(24)32-34(9,10)11/h15,21-23,25H,12-14,16-20H2,1-11H3/t21?,22?,23?,25?,29-,30?/m1/s1. The van der Waals surface area contributed by atoms with Crippen LogP contribution in [0.5, 0.6) is 0 Å². The molecular formula is C30H54O2Si2. The Hall–Kier alpha value is -0.486. The van der Waals surface area contributed by atoms with Crippen LogP contribution in [0, 0.1) is 39.9 Å². The summed E-state index contributed by atoms with van der Waals surface area (Å²) in [5.74, 6) is 5.58. The summed E-state index contributed by atoms with van der Waals surface area (Å²) >= 11 is 0. The summed E-state index contributed by atoms with van der Waals surface area (Å²) in [5.41, 5.74) is 3.04. The van der Waals surface area contributed by atoms with Crippen molar-refractivity contribution in [1.82, 2.24) is 0 Å². The molecular weight excluding hydrogens is 449 g/mol. The molecule has 3 saturated carbocycles. The van der Waals surface area contributed by atoms with Crippen LogP contribution in [0.2, 0.25) is 39.3 Å². The molecule has 0 aromatic rings. The predicted octanol–water partition coefficient (Wildman–Crippen LogP) is 9.53. The van der Waals surface area contributed by atoms with Crippen molar-refractivity contribution in [2.45, 2.75) is 125 Å². The number of hydrogen-bond acceptors (Lipinski definition) is 2. The molecule has 4 heteroatoms. The first kappa shape index (κ1) is 26.6. The fourth-order valence-electron chi connectivity index (χ4n) is 8.74. The van der Waals surface area contributed by atoms with Gasteiger partial charge >= 0.3 is 0 Å². The van der Waals surface area contributed by atoms with Gasteiger partial charge in [0.2, 0.25) is 16.6 Å². The Bertz CT molecular complexity index is 853. The molecule has 0 amide bonds. The van der Waals surface area contributed by atoms with Crippen LogP contribution in [0.1, 0.15) is 86.0 Å². The Kier molecular flexibility index (Phi) is 6.67. The van der Waals surface area contributed by atoms with E-state index in [2.05, 4.69) is 80.0 Å². The van der Waals surface area contributed by atoms with Crippen molar-refractivity contribution < 1.29 is 8.85 Å². The highest BCUT2D eigenvalue weighted by atomic mass is 28.4. The van der Waals surface area contributed by atoms with Crippen molar-refractivity contribution in [3.63, 3.8) is 0 Å². The van der Waals surface area contributed by atoms with Crippen molar-refractivity contribution >= 4 is 16.6 Å². The number of rotatable bonds is 5. The summed E-state index contributed by atoms with van der Waals surface area (Å²) in [7, 11) is -3.40. The lowest BCUT2D eigenvalue weighted by molar-refractivity contribution is -0.0651. The first-order chi connectivity index (χ1) is 15.4. The number of fused-ring (bicyclic) bond motifs is 5. The van der Waals surface area contributed by atoms with Crippen LogP contribution < -0.4 is 0 Å². The summed E-state index contributed by atoms with van der Waals surface area (Å²) in [6, 6.07) is 0. The SMILES string of the molecule is CC(C)(C)C[C@@]1(C)CCC2C3CCC4=C(O[Si](C)(C)C)C(O[Si](C)(C)C)=CCC4C3CCC21C. The normalized spacial score (nSPS) is 38.6. The third-order valence-corrected chi connectivity index (χ3v) is 11.4. The second kappa shape index (κ2) is 8.53. The minimum Gasteiger partial charge on any atom is -0.542 e. The van der Waals surface area contributed by atoms with Gasteiger partial charge in [0.1, 0.15) is 11.5 Å². The van der Waals surface area contributed by atoms with Crippen LogP contribution in [0.3, 0.4) is 0 Å². The molecule has 0 spiro atoms. The predicted molar refractivity (Wildman–Crippen MR) is 151 cm³/mol. The molecule has 0 bridgehead atoms. The minimum atomic E-state index is -1.72. The summed E-state index contributed by atoms with van der Waals surface area (Å²) in [6.45, 7) is 26.5. The highest BCUT2D eigenvalue weighted by Gasteiger charge is 2.61. The van der Waals surface area contributed by atoms with Gasteiger partial charge in [0.25, 0.3) is 0 Å². The van der Waals surface area contributed by atoms with Gasteiger partial charge in [0.15, 0.2) is 0 Å². The highest BCUT2D eigenvalue weighted by molar-refractivity contribution is 6.70. The number of allylic oxidation sites excluding steroid dienone is 2. The van der Waals surface area contributed by atoms with Gasteiger partial charge in [-0.15, -0.1) is 0 Å². The average Bonchev–Trinajstić information content (AvgIpc) is 2.90. The van der Waals surface area contributed by atoms with Crippen molar-refractivity contribution in [1.29, 1.82) is 0 Å². The van der Waals surface area contributed by atoms with Crippen molar-refractivity contribution in [2.75, 3.05) is 0 Å². The average molecular weight is 503 g/mol. The van der Waals surface area contributed by atoms with Gasteiger partial charge < -0.3 is 8.85 Å². The van der Waals surface area contributed by atoms with E-state index in [0.29, 0.717) is 22.2 Å². The van der Waals surface area contributed by atoms with Gasteiger partial charge in [0, 0.05) is 0 Å². The molecule has 0 saturated heterocycles. The molecule has 2 nitrogen and oxygen atoms in total. The van der Waals surface area contributed by atoms with Crippen LogP contribution in [-0.2, 0) is 8.85 Å². The van der Waals surface area contributed by atoms with Crippen LogP contribution in [0.4, 0.5) is 0 Å². The first-order valence-corrected chi connectivity index (χ1v) is 21.1. The Morgan fingerprint density at radius 1 is 0.882 bits per heavy atom. The molecule has 0 heterocycles. The van der Waals surface area contributed by atoms with Crippen molar-refractivity contribution in [2.24, 2.45) is 39.9 Å². The molecule has 4 aliphatic rings. The third kappa shape index (κ3) is 5.01. The molecule has 0 N–H and O–H groups in total. The zero-order valence-corrected chi connectivity index (χ0v) is 26.4. The topological polar surface area (TPSA) is 18.5 Å². The molecule has 194 valence electrons. The third-order valence-electron chi connectivity index (χ3n) is 9.80. The minimum absolute atomic E-state index is 0.413. The van der Waals surface area contributed by atoms with Gasteiger partial charge in [-0.1, -0.05) is 34.6 Å². The Balaban J connectivity index is 1.63. The lowest BCUT2D eigenvalue weighted by Crippen LogP contribution is -2.49. The summed E-state index contributed by atoms with van der Waals surface area (Å²) in [6.07, 6.45) is 13.3. The molecule has 4 rings (SSSR count). The van der Waals surface area contributed by atoms with E-state index in [9.17, 15) is 0 Å². The summed E-state index contributed by atoms with van der Waals surface area (Å²) in [5, 5.41) is 0. The van der Waals surface area contributed by atoms with E-state index in [-0.39, 0.29) is 0 Å². The lowest BCUT2D eigenvalue weighted by atomic mass is 9.48. The maximum absolute atomic E-state index is 6.83. The van der Waals surface area contributed by atoms with Gasteiger partial charge in [-0.3, -0.25) is 0 Å². The van der Waals surface area contributed by atoms with E-state index in [0.717, 1.165) is 29.9 Å². The largest absolute Gasteiger partial charge is 0.542 e. The van der Waals surface area contributed by atoms with E-state index in [4.69, 9.17) is 8.85 Å². The lowest BCUT2D eigenvalue weighted by Gasteiger charge is -2.57. The Labute approximate surface area is 213 Å². The molecule has 0 aromatic carbocycles. The second-order valence-electron chi connectivity index (χ2n) is 16.0. The van der Waals surface area contributed by atoms with E-state index >= 15 is 0 Å². The highest BCUT2D eigenvalue weighted by Crippen LogP contribution is 2.69. The summed E-state index contributed by atoms with van der Waals surface area (Å²) < 4.78 is 13.4. The maximum atomic E-state index is 6.83. The monoisotopic (exact) mass is 502 g/mol. The fraction of sp³-hybridized carbons (Fsp3) is 0.867. The zero-order valence-electron chi connectivity index (χ0n) is 24.4. The summed E-state index contributed by atoms with van der Waals surface area (Å²) in [4.78, 5) is 0. The molecule has 0 radical (unpaired) electrons. The van der Waals surface area contributed by atoms with Crippen molar-refractivity contribution in [3.8, 4) is 0 Å². The molecule has 0 aromatic heterocycles. The van der Waals surface area contributed by atoms with Crippen molar-refractivity contribution in [3.05, 3.63) is 23.2 Å². The molecule has 34 heavy (non-hydrogen) atoms. The Morgan fingerprint density at radius 3 is 2.12 bits per heavy atom. The van der Waals surface area contributed by atoms with E-state index in [1.54, 1.807) is 5.57 Å². The first-order valence-electron chi connectivity index (χ1n) is 14.2. The van der Waals surface area contributed by atoms with Gasteiger partial charge in [-0.05, 0) is 142 Å². The molecule has 3 fully saturated rings. The van der Waals surface area contributed by atoms with Gasteiger partial charge in [0.05, 0.1) is 0 Å². The molecule has 0 aliphatic heterocycles. The Morgan fingerprint density at radius 2 is 1.53 bits per heavy atom. The second-order valence-corrected chi connectivity index (χ2v) is 24.8. The molecule has 5 unspecified atom stereocenters. The van der Waals surface area contributed by atoms with Gasteiger partial charge in [-0.2, -0.15) is 0 Å². The zero-order chi connectivity index (χ0) is 25.3. The van der Waals surface area contributed by atoms with Crippen LogP contribution >= 0.6 is 0 Å². The van der Waals surface area contributed by atoms with E-state index in [1.807, 2.05) is 0 Å². The van der Waals surface area contributed by atoms with Crippen LogP contribution in [0.15, 0.2) is 23.2 Å². The van der Waals surface area contributed by atoms with E-state index < -0.39 is 16.6 Å². The smallest absolute Gasteiger partial charge is 0.242 e. The number of hydrogen-bond donors (Lipinski definition) is 0. The van der Waals surface area contributed by atoms with Gasteiger partial charge in [-0.25, -0.2) is 0 Å².